The Morgan fingerprint density at radius 3 is 2.78 bits per heavy atom. The highest BCUT2D eigenvalue weighted by atomic mass is 79.9. The van der Waals surface area contributed by atoms with Gasteiger partial charge < -0.3 is 0 Å². The Labute approximate surface area is 60.8 Å². The molecule has 1 aromatic rings. The van der Waals surface area contributed by atoms with Gasteiger partial charge in [-0.05, 0) is 15.9 Å². The van der Waals surface area contributed by atoms with Crippen molar-refractivity contribution >= 4 is 15.9 Å². The first kappa shape index (κ1) is 6.74. The summed E-state index contributed by atoms with van der Waals surface area (Å²) in [5, 5.41) is 3.82. The van der Waals surface area contributed by atoms with Crippen LogP contribution in [0.15, 0.2) is 10.7 Å². The maximum atomic E-state index is 11.9. The minimum Gasteiger partial charge on any atom is -0.274 e. The molecule has 9 heavy (non-hydrogen) atoms. The van der Waals surface area contributed by atoms with E-state index >= 15 is 0 Å². The van der Waals surface area contributed by atoms with Gasteiger partial charge in [0, 0.05) is 13.2 Å². The first-order valence-corrected chi connectivity index (χ1v) is 3.27. The number of aromatic nitrogens is 2. The van der Waals surface area contributed by atoms with Crippen molar-refractivity contribution in [3.63, 3.8) is 0 Å². The summed E-state index contributed by atoms with van der Waals surface area (Å²) in [5.74, 6) is 0. The summed E-state index contributed by atoms with van der Waals surface area (Å²) >= 11 is 3.15. The van der Waals surface area contributed by atoms with E-state index in [1.54, 1.807) is 17.9 Å². The topological polar surface area (TPSA) is 17.8 Å². The Balaban J connectivity index is 3.01. The fourth-order valence-corrected chi connectivity index (χ4v) is 1.08. The lowest BCUT2D eigenvalue weighted by atomic mass is 10.5. The molecule has 0 saturated heterocycles. The molecule has 0 aliphatic rings. The Bertz CT molecular complexity index is 209. The lowest BCUT2D eigenvalue weighted by Gasteiger charge is -1.82. The number of halogens is 2. The monoisotopic (exact) mass is 192 g/mol. The standard InChI is InChI=1S/C5H6BrFN2/c1-9-3-4(6)5(2-7)8-9/h3H,2H2,1H3. The Morgan fingerprint density at radius 1 is 1.89 bits per heavy atom. The van der Waals surface area contributed by atoms with E-state index in [2.05, 4.69) is 21.0 Å². The molecular formula is C5H6BrFN2. The quantitative estimate of drug-likeness (QED) is 0.662. The van der Waals surface area contributed by atoms with E-state index in [1.165, 1.54) is 0 Å². The number of aryl methyl sites for hydroxylation is 1. The van der Waals surface area contributed by atoms with Crippen LogP contribution in [0.3, 0.4) is 0 Å². The average Bonchev–Trinajstić information content (AvgIpc) is 2.10. The summed E-state index contributed by atoms with van der Waals surface area (Å²) < 4.78 is 14.2. The van der Waals surface area contributed by atoms with Crippen molar-refractivity contribution in [2.45, 2.75) is 6.67 Å². The Kier molecular flexibility index (Phi) is 1.85. The molecule has 2 nitrogen and oxygen atoms in total. The summed E-state index contributed by atoms with van der Waals surface area (Å²) in [5.41, 5.74) is 0.456. The summed E-state index contributed by atoms with van der Waals surface area (Å²) in [6.45, 7) is -0.512. The number of alkyl halides is 1. The number of hydrogen-bond donors (Lipinski definition) is 0. The molecule has 0 atom stereocenters. The fraction of sp³-hybridized carbons (Fsp3) is 0.400. The van der Waals surface area contributed by atoms with E-state index in [9.17, 15) is 4.39 Å². The molecule has 4 heteroatoms. The van der Waals surface area contributed by atoms with Gasteiger partial charge in [-0.3, -0.25) is 4.68 Å². The van der Waals surface area contributed by atoms with Crippen LogP contribution in [0.5, 0.6) is 0 Å². The molecule has 0 radical (unpaired) electrons. The largest absolute Gasteiger partial charge is 0.274 e. The molecule has 1 aromatic heterocycles. The highest BCUT2D eigenvalue weighted by molar-refractivity contribution is 9.10. The molecule has 0 spiro atoms. The Hall–Kier alpha value is -0.380. The van der Waals surface area contributed by atoms with Gasteiger partial charge in [-0.15, -0.1) is 0 Å². The van der Waals surface area contributed by atoms with Crippen molar-refractivity contribution in [2.75, 3.05) is 0 Å². The third-order valence-corrected chi connectivity index (χ3v) is 1.64. The van der Waals surface area contributed by atoms with Gasteiger partial charge in [0.15, 0.2) is 0 Å². The number of rotatable bonds is 1. The molecule has 50 valence electrons. The van der Waals surface area contributed by atoms with Crippen LogP contribution in [-0.4, -0.2) is 9.78 Å². The van der Waals surface area contributed by atoms with Gasteiger partial charge in [-0.1, -0.05) is 0 Å². The normalized spacial score (nSPS) is 10.1. The highest BCUT2D eigenvalue weighted by Gasteiger charge is 2.01. The lowest BCUT2D eigenvalue weighted by molar-refractivity contribution is 0.470. The summed E-state index contributed by atoms with van der Waals surface area (Å²) in [4.78, 5) is 0. The molecule has 1 heterocycles. The van der Waals surface area contributed by atoms with Crippen molar-refractivity contribution in [3.05, 3.63) is 16.4 Å². The molecular weight excluding hydrogens is 187 g/mol. The van der Waals surface area contributed by atoms with Crippen LogP contribution in [-0.2, 0) is 13.7 Å². The summed E-state index contributed by atoms with van der Waals surface area (Å²) in [6.07, 6.45) is 1.72. The maximum absolute atomic E-state index is 11.9. The van der Waals surface area contributed by atoms with Gasteiger partial charge in [0.05, 0.1) is 4.47 Å². The second kappa shape index (κ2) is 2.47. The van der Waals surface area contributed by atoms with Gasteiger partial charge >= 0.3 is 0 Å². The first-order chi connectivity index (χ1) is 4.24. The molecule has 0 aliphatic heterocycles. The smallest absolute Gasteiger partial charge is 0.134 e. The second-order valence-electron chi connectivity index (χ2n) is 1.73. The van der Waals surface area contributed by atoms with Crippen LogP contribution in [0, 0.1) is 0 Å². The summed E-state index contributed by atoms with van der Waals surface area (Å²) in [7, 11) is 1.75. The molecule has 0 amide bonds. The molecule has 0 saturated carbocycles. The van der Waals surface area contributed by atoms with Crippen molar-refractivity contribution < 1.29 is 4.39 Å². The Morgan fingerprint density at radius 2 is 2.56 bits per heavy atom. The molecule has 0 N–H and O–H groups in total. The predicted molar refractivity (Wildman–Crippen MR) is 35.7 cm³/mol. The molecule has 0 fully saturated rings. The van der Waals surface area contributed by atoms with Gasteiger partial charge in [0.1, 0.15) is 12.4 Å². The van der Waals surface area contributed by atoms with E-state index < -0.39 is 6.67 Å². The van der Waals surface area contributed by atoms with Crippen LogP contribution in [0.2, 0.25) is 0 Å². The molecule has 0 aromatic carbocycles. The van der Waals surface area contributed by atoms with E-state index in [0.29, 0.717) is 5.69 Å². The van der Waals surface area contributed by atoms with E-state index in [0.717, 1.165) is 4.47 Å². The van der Waals surface area contributed by atoms with E-state index in [4.69, 9.17) is 0 Å². The van der Waals surface area contributed by atoms with Gasteiger partial charge in [-0.25, -0.2) is 4.39 Å². The van der Waals surface area contributed by atoms with Crippen molar-refractivity contribution in [2.24, 2.45) is 7.05 Å². The van der Waals surface area contributed by atoms with Crippen molar-refractivity contribution in [1.82, 2.24) is 9.78 Å². The first-order valence-electron chi connectivity index (χ1n) is 2.48. The van der Waals surface area contributed by atoms with Gasteiger partial charge in [-0.2, -0.15) is 5.10 Å². The zero-order valence-electron chi connectivity index (χ0n) is 4.93. The van der Waals surface area contributed by atoms with Crippen LogP contribution >= 0.6 is 15.9 Å². The molecule has 1 rings (SSSR count). The fourth-order valence-electron chi connectivity index (χ4n) is 0.596. The SMILES string of the molecule is Cn1cc(Br)c(CF)n1. The number of hydrogen-bond acceptors (Lipinski definition) is 1. The van der Waals surface area contributed by atoms with E-state index in [1.807, 2.05) is 0 Å². The molecule has 0 aliphatic carbocycles. The van der Waals surface area contributed by atoms with Crippen LogP contribution in [0.1, 0.15) is 5.69 Å². The summed E-state index contributed by atoms with van der Waals surface area (Å²) in [6, 6.07) is 0. The zero-order valence-corrected chi connectivity index (χ0v) is 6.52. The average molecular weight is 193 g/mol. The maximum Gasteiger partial charge on any atom is 0.134 e. The van der Waals surface area contributed by atoms with Crippen molar-refractivity contribution in [1.29, 1.82) is 0 Å². The minimum absolute atomic E-state index is 0.456. The van der Waals surface area contributed by atoms with Gasteiger partial charge in [0.25, 0.3) is 0 Å². The minimum atomic E-state index is -0.512. The van der Waals surface area contributed by atoms with Crippen LogP contribution in [0.4, 0.5) is 4.39 Å². The third kappa shape index (κ3) is 1.30. The predicted octanol–water partition coefficient (Wildman–Crippen LogP) is 1.65. The number of nitrogens with zero attached hydrogens (tertiary/aromatic N) is 2. The van der Waals surface area contributed by atoms with Crippen LogP contribution in [0.25, 0.3) is 0 Å². The highest BCUT2D eigenvalue weighted by Crippen LogP contribution is 2.14. The third-order valence-electron chi connectivity index (χ3n) is 0.981. The molecule has 0 bridgehead atoms. The molecule has 0 unspecified atom stereocenters. The van der Waals surface area contributed by atoms with Crippen LogP contribution < -0.4 is 0 Å². The van der Waals surface area contributed by atoms with Gasteiger partial charge in [0.2, 0.25) is 0 Å². The van der Waals surface area contributed by atoms with E-state index in [-0.39, 0.29) is 0 Å². The van der Waals surface area contributed by atoms with Crippen molar-refractivity contribution in [3.8, 4) is 0 Å². The zero-order chi connectivity index (χ0) is 6.85. The second-order valence-corrected chi connectivity index (χ2v) is 2.59. The lowest BCUT2D eigenvalue weighted by Crippen LogP contribution is -1.88.